The molecule has 154 valence electrons. The largest absolute Gasteiger partial charge is 0.368 e. The predicted octanol–water partition coefficient (Wildman–Crippen LogP) is 4.36. The van der Waals surface area contributed by atoms with E-state index in [1.54, 1.807) is 0 Å². The Bertz CT molecular complexity index is 916. The van der Waals surface area contributed by atoms with Gasteiger partial charge in [-0.2, -0.15) is 4.99 Å². The van der Waals surface area contributed by atoms with Crippen LogP contribution in [0.4, 0.5) is 11.4 Å². The molecule has 2 aromatic rings. The number of rotatable bonds is 3. The number of likely N-dealkylation sites (tertiary alicyclic amines) is 1. The molecule has 2 aliphatic heterocycles. The monoisotopic (exact) mass is 432 g/mol. The number of nitrogens with one attached hydrogen (secondary N) is 1. The molecule has 0 spiro atoms. The molecule has 29 heavy (non-hydrogen) atoms. The van der Waals surface area contributed by atoms with Gasteiger partial charge in [0.25, 0.3) is 0 Å². The molecule has 0 aliphatic carbocycles. The third kappa shape index (κ3) is 4.77. The van der Waals surface area contributed by atoms with Crippen molar-refractivity contribution in [2.45, 2.75) is 33.0 Å². The molecular formula is C21H26Cl2N6. The maximum atomic E-state index is 6.17. The summed E-state index contributed by atoms with van der Waals surface area (Å²) in [4.78, 5) is 13.6. The van der Waals surface area contributed by atoms with Gasteiger partial charge in [0.1, 0.15) is 0 Å². The smallest absolute Gasteiger partial charge is 0.222 e. The number of hydrogen-bond acceptors (Lipinski definition) is 6. The summed E-state index contributed by atoms with van der Waals surface area (Å²) in [5.74, 6) is 1.12. The summed E-state index contributed by atoms with van der Waals surface area (Å²) in [6.45, 7) is 6.14. The van der Waals surface area contributed by atoms with Crippen molar-refractivity contribution >= 4 is 47.3 Å². The fourth-order valence-corrected chi connectivity index (χ4v) is 3.98. The normalized spacial score (nSPS) is 18.8. The molecule has 0 aromatic heterocycles. The summed E-state index contributed by atoms with van der Waals surface area (Å²) in [6, 6.07) is 14.1. The van der Waals surface area contributed by atoms with Gasteiger partial charge in [0.15, 0.2) is 0 Å². The van der Waals surface area contributed by atoms with Gasteiger partial charge in [0, 0.05) is 29.5 Å². The van der Waals surface area contributed by atoms with E-state index in [2.05, 4.69) is 57.1 Å². The van der Waals surface area contributed by atoms with Crippen molar-refractivity contribution in [2.24, 2.45) is 15.7 Å². The highest BCUT2D eigenvalue weighted by atomic mass is 35.5. The SMILES string of the molecule is Cc1cc(C)cc(N2C(N3CCCC3)=NC(N)=NC2Nc2cccc(Cl)c2)c1.Cl. The van der Waals surface area contributed by atoms with Gasteiger partial charge in [-0.3, -0.25) is 4.90 Å². The lowest BCUT2D eigenvalue weighted by Crippen LogP contribution is -2.54. The Morgan fingerprint density at radius 1 is 1.07 bits per heavy atom. The predicted molar refractivity (Wildman–Crippen MR) is 124 cm³/mol. The number of aryl methyl sites for hydroxylation is 2. The van der Waals surface area contributed by atoms with Crippen LogP contribution in [0.5, 0.6) is 0 Å². The van der Waals surface area contributed by atoms with Crippen LogP contribution < -0.4 is 16.0 Å². The number of guanidine groups is 2. The molecular weight excluding hydrogens is 407 g/mol. The fraction of sp³-hybridized carbons (Fsp3) is 0.333. The van der Waals surface area contributed by atoms with E-state index in [9.17, 15) is 0 Å². The molecule has 2 aromatic carbocycles. The molecule has 0 bridgehead atoms. The number of nitrogens with zero attached hydrogens (tertiary/aromatic N) is 4. The molecule has 1 unspecified atom stereocenters. The Labute approximate surface area is 182 Å². The van der Waals surface area contributed by atoms with Crippen LogP contribution in [0, 0.1) is 13.8 Å². The number of hydrogen-bond donors (Lipinski definition) is 2. The first-order valence-electron chi connectivity index (χ1n) is 9.56. The van der Waals surface area contributed by atoms with Crippen molar-refractivity contribution in [2.75, 3.05) is 23.3 Å². The van der Waals surface area contributed by atoms with E-state index in [0.29, 0.717) is 5.02 Å². The fourth-order valence-electron chi connectivity index (χ4n) is 3.79. The van der Waals surface area contributed by atoms with Gasteiger partial charge in [-0.15, -0.1) is 12.4 Å². The van der Waals surface area contributed by atoms with Crippen LogP contribution >= 0.6 is 24.0 Å². The Hall–Kier alpha value is -2.44. The molecule has 1 fully saturated rings. The molecule has 8 heteroatoms. The second kappa shape index (κ2) is 8.93. The number of benzene rings is 2. The van der Waals surface area contributed by atoms with Crippen molar-refractivity contribution in [3.63, 3.8) is 0 Å². The van der Waals surface area contributed by atoms with Crippen LogP contribution in [0.1, 0.15) is 24.0 Å². The van der Waals surface area contributed by atoms with Crippen LogP contribution in [0.25, 0.3) is 0 Å². The average Bonchev–Trinajstić information content (AvgIpc) is 3.15. The van der Waals surface area contributed by atoms with E-state index in [4.69, 9.17) is 17.3 Å². The molecule has 1 atom stereocenters. The third-order valence-corrected chi connectivity index (χ3v) is 5.16. The van der Waals surface area contributed by atoms with Gasteiger partial charge in [-0.25, -0.2) is 4.99 Å². The Kier molecular flexibility index (Phi) is 6.55. The number of nitrogens with two attached hydrogens (primary N) is 1. The first-order chi connectivity index (χ1) is 13.5. The molecule has 2 heterocycles. The molecule has 0 radical (unpaired) electrons. The summed E-state index contributed by atoms with van der Waals surface area (Å²) in [5.41, 5.74) is 10.4. The van der Waals surface area contributed by atoms with E-state index >= 15 is 0 Å². The molecule has 1 saturated heterocycles. The topological polar surface area (TPSA) is 69.2 Å². The number of halogens is 2. The van der Waals surface area contributed by atoms with Gasteiger partial charge >= 0.3 is 0 Å². The highest BCUT2D eigenvalue weighted by Crippen LogP contribution is 2.28. The number of anilines is 2. The molecule has 2 aliphatic rings. The second-order valence-corrected chi connectivity index (χ2v) is 7.77. The highest BCUT2D eigenvalue weighted by molar-refractivity contribution is 6.30. The Morgan fingerprint density at radius 3 is 2.41 bits per heavy atom. The van der Waals surface area contributed by atoms with Crippen molar-refractivity contribution in [3.8, 4) is 0 Å². The summed E-state index contributed by atoms with van der Waals surface area (Å²) < 4.78 is 0. The van der Waals surface area contributed by atoms with Crippen molar-refractivity contribution in [1.82, 2.24) is 4.90 Å². The standard InChI is InChI=1S/C21H25ClN6.ClH/c1-14-10-15(2)12-18(11-14)28-20(24-17-7-5-6-16(22)13-17)25-19(23)26-21(28)27-8-3-4-9-27;/h5-7,10-13,20,24H,3-4,8-9H2,1-2H3,(H2,23,25);1H. The average molecular weight is 433 g/mol. The van der Waals surface area contributed by atoms with Gasteiger partial charge in [-0.05, 0) is 68.1 Å². The maximum absolute atomic E-state index is 6.17. The third-order valence-electron chi connectivity index (χ3n) is 4.92. The van der Waals surface area contributed by atoms with Gasteiger partial charge in [-0.1, -0.05) is 23.7 Å². The zero-order valence-corrected chi connectivity index (χ0v) is 18.2. The van der Waals surface area contributed by atoms with E-state index in [-0.39, 0.29) is 18.4 Å². The van der Waals surface area contributed by atoms with Gasteiger partial charge in [0.05, 0.1) is 0 Å². The van der Waals surface area contributed by atoms with E-state index < -0.39 is 6.29 Å². The minimum atomic E-state index is -0.409. The lowest BCUT2D eigenvalue weighted by atomic mass is 10.1. The molecule has 4 rings (SSSR count). The first-order valence-corrected chi connectivity index (χ1v) is 9.94. The quantitative estimate of drug-likeness (QED) is 0.755. The van der Waals surface area contributed by atoms with Crippen LogP contribution in [-0.4, -0.2) is 36.2 Å². The van der Waals surface area contributed by atoms with Gasteiger partial charge < -0.3 is 16.0 Å². The van der Waals surface area contributed by atoms with Crippen LogP contribution in [0.2, 0.25) is 5.02 Å². The van der Waals surface area contributed by atoms with Crippen molar-refractivity contribution in [1.29, 1.82) is 0 Å². The molecule has 3 N–H and O–H groups in total. The summed E-state index contributed by atoms with van der Waals surface area (Å²) >= 11 is 6.17. The Balaban J connectivity index is 0.00000240. The van der Waals surface area contributed by atoms with Crippen molar-refractivity contribution < 1.29 is 0 Å². The lowest BCUT2D eigenvalue weighted by Gasteiger charge is -2.38. The molecule has 0 saturated carbocycles. The number of aliphatic imine (C=N–C) groups is 2. The minimum Gasteiger partial charge on any atom is -0.368 e. The zero-order valence-electron chi connectivity index (χ0n) is 16.6. The first kappa shape index (κ1) is 21.3. The van der Waals surface area contributed by atoms with Crippen LogP contribution in [-0.2, 0) is 0 Å². The van der Waals surface area contributed by atoms with Crippen LogP contribution in [0.15, 0.2) is 52.4 Å². The lowest BCUT2D eigenvalue weighted by molar-refractivity contribution is 0.497. The second-order valence-electron chi connectivity index (χ2n) is 7.34. The Morgan fingerprint density at radius 2 is 1.76 bits per heavy atom. The zero-order chi connectivity index (χ0) is 19.7. The van der Waals surface area contributed by atoms with E-state index in [1.807, 2.05) is 24.3 Å². The summed E-state index contributed by atoms with van der Waals surface area (Å²) in [7, 11) is 0. The summed E-state index contributed by atoms with van der Waals surface area (Å²) in [5, 5.41) is 4.13. The van der Waals surface area contributed by atoms with Crippen LogP contribution in [0.3, 0.4) is 0 Å². The maximum Gasteiger partial charge on any atom is 0.222 e. The van der Waals surface area contributed by atoms with E-state index in [1.165, 1.54) is 11.1 Å². The molecule has 0 amide bonds. The highest BCUT2D eigenvalue weighted by Gasteiger charge is 2.32. The summed E-state index contributed by atoms with van der Waals surface area (Å²) in [6.07, 6.45) is 1.90. The van der Waals surface area contributed by atoms with E-state index in [0.717, 1.165) is 43.3 Å². The minimum absolute atomic E-state index is 0. The van der Waals surface area contributed by atoms with Crippen molar-refractivity contribution in [3.05, 3.63) is 58.6 Å². The van der Waals surface area contributed by atoms with Gasteiger partial charge in [0.2, 0.25) is 18.2 Å². The molecule has 6 nitrogen and oxygen atoms in total.